The van der Waals surface area contributed by atoms with E-state index in [1.54, 1.807) is 0 Å². The standard InChI is InChI=1S/C13H19ClN2/c1-10-8-15-5-6-16(9-10)13-7-12(14)4-3-11(13)2/h3-4,7,10,15H,5-6,8-9H2,1-2H3. The normalized spacial score (nSPS) is 21.9. The molecule has 1 aliphatic rings. The molecule has 1 aromatic carbocycles. The van der Waals surface area contributed by atoms with Crippen molar-refractivity contribution in [2.45, 2.75) is 13.8 Å². The number of nitrogens with one attached hydrogen (secondary N) is 1. The highest BCUT2D eigenvalue weighted by molar-refractivity contribution is 6.30. The van der Waals surface area contributed by atoms with Crippen LogP contribution in [0.25, 0.3) is 0 Å². The average Bonchev–Trinajstić information content (AvgIpc) is 2.46. The molecule has 0 radical (unpaired) electrons. The van der Waals surface area contributed by atoms with Gasteiger partial charge in [-0.3, -0.25) is 0 Å². The summed E-state index contributed by atoms with van der Waals surface area (Å²) in [6.07, 6.45) is 0. The Bertz CT molecular complexity index is 365. The summed E-state index contributed by atoms with van der Waals surface area (Å²) in [7, 11) is 0. The van der Waals surface area contributed by atoms with Crippen molar-refractivity contribution in [3.05, 3.63) is 28.8 Å². The Morgan fingerprint density at radius 2 is 2.25 bits per heavy atom. The molecule has 1 atom stereocenters. The second-order valence-corrected chi connectivity index (χ2v) is 5.12. The van der Waals surface area contributed by atoms with Gasteiger partial charge in [0.05, 0.1) is 0 Å². The molecule has 1 N–H and O–H groups in total. The molecule has 88 valence electrons. The Labute approximate surface area is 103 Å². The van der Waals surface area contributed by atoms with Gasteiger partial charge >= 0.3 is 0 Å². The minimum Gasteiger partial charge on any atom is -0.370 e. The van der Waals surface area contributed by atoms with Gasteiger partial charge < -0.3 is 10.2 Å². The third-order valence-electron chi connectivity index (χ3n) is 3.10. The predicted molar refractivity (Wildman–Crippen MR) is 70.4 cm³/mol. The fourth-order valence-corrected chi connectivity index (χ4v) is 2.40. The van der Waals surface area contributed by atoms with Gasteiger partial charge in [-0.1, -0.05) is 24.6 Å². The second-order valence-electron chi connectivity index (χ2n) is 4.69. The van der Waals surface area contributed by atoms with Crippen LogP contribution in [0.2, 0.25) is 5.02 Å². The number of aryl methyl sites for hydroxylation is 1. The zero-order chi connectivity index (χ0) is 11.5. The van der Waals surface area contributed by atoms with Crippen molar-refractivity contribution in [2.75, 3.05) is 31.1 Å². The fourth-order valence-electron chi connectivity index (χ4n) is 2.24. The number of hydrogen-bond donors (Lipinski definition) is 1. The predicted octanol–water partition coefficient (Wildman–Crippen LogP) is 2.69. The van der Waals surface area contributed by atoms with Crippen LogP contribution < -0.4 is 10.2 Å². The first-order valence-electron chi connectivity index (χ1n) is 5.88. The van der Waals surface area contributed by atoms with Crippen molar-refractivity contribution >= 4 is 17.3 Å². The lowest BCUT2D eigenvalue weighted by atomic mass is 10.1. The van der Waals surface area contributed by atoms with E-state index >= 15 is 0 Å². The minimum absolute atomic E-state index is 0.681. The number of benzene rings is 1. The molecule has 0 aromatic heterocycles. The van der Waals surface area contributed by atoms with E-state index in [1.807, 2.05) is 6.07 Å². The Balaban J connectivity index is 2.24. The molecule has 1 heterocycles. The van der Waals surface area contributed by atoms with Gasteiger partial charge in [0.25, 0.3) is 0 Å². The van der Waals surface area contributed by atoms with E-state index in [2.05, 4.69) is 36.2 Å². The first-order chi connectivity index (χ1) is 7.66. The van der Waals surface area contributed by atoms with Crippen LogP contribution >= 0.6 is 11.6 Å². The lowest BCUT2D eigenvalue weighted by Crippen LogP contribution is -2.29. The first kappa shape index (κ1) is 11.7. The molecule has 1 unspecified atom stereocenters. The van der Waals surface area contributed by atoms with Crippen LogP contribution in [0.5, 0.6) is 0 Å². The molecule has 0 spiro atoms. The molecule has 1 saturated heterocycles. The minimum atomic E-state index is 0.681. The highest BCUT2D eigenvalue weighted by Crippen LogP contribution is 2.25. The van der Waals surface area contributed by atoms with Crippen molar-refractivity contribution < 1.29 is 0 Å². The van der Waals surface area contributed by atoms with E-state index < -0.39 is 0 Å². The summed E-state index contributed by atoms with van der Waals surface area (Å²) >= 11 is 6.07. The molecule has 2 rings (SSSR count). The molecule has 0 saturated carbocycles. The Kier molecular flexibility index (Phi) is 3.72. The molecule has 3 heteroatoms. The third-order valence-corrected chi connectivity index (χ3v) is 3.33. The maximum atomic E-state index is 6.07. The molecule has 16 heavy (non-hydrogen) atoms. The van der Waals surface area contributed by atoms with Gasteiger partial charge in [-0.15, -0.1) is 0 Å². The molecule has 0 aliphatic carbocycles. The monoisotopic (exact) mass is 238 g/mol. The average molecular weight is 239 g/mol. The van der Waals surface area contributed by atoms with Crippen LogP contribution in [0.4, 0.5) is 5.69 Å². The summed E-state index contributed by atoms with van der Waals surface area (Å²) < 4.78 is 0. The summed E-state index contributed by atoms with van der Waals surface area (Å²) in [6.45, 7) is 8.76. The number of halogens is 1. The van der Waals surface area contributed by atoms with Gasteiger partial charge in [0.15, 0.2) is 0 Å². The van der Waals surface area contributed by atoms with Crippen molar-refractivity contribution in [3.63, 3.8) is 0 Å². The van der Waals surface area contributed by atoms with E-state index in [9.17, 15) is 0 Å². The van der Waals surface area contributed by atoms with E-state index in [4.69, 9.17) is 11.6 Å². The quantitative estimate of drug-likeness (QED) is 0.810. The van der Waals surface area contributed by atoms with Crippen molar-refractivity contribution in [3.8, 4) is 0 Å². The van der Waals surface area contributed by atoms with Gasteiger partial charge in [0, 0.05) is 30.3 Å². The Morgan fingerprint density at radius 3 is 3.06 bits per heavy atom. The largest absolute Gasteiger partial charge is 0.370 e. The number of anilines is 1. The van der Waals surface area contributed by atoms with Gasteiger partial charge in [-0.25, -0.2) is 0 Å². The highest BCUT2D eigenvalue weighted by Gasteiger charge is 2.16. The van der Waals surface area contributed by atoms with Crippen molar-refractivity contribution in [1.82, 2.24) is 5.32 Å². The lowest BCUT2D eigenvalue weighted by Gasteiger charge is -2.26. The van der Waals surface area contributed by atoms with Crippen LogP contribution in [-0.2, 0) is 0 Å². The fraction of sp³-hybridized carbons (Fsp3) is 0.538. The van der Waals surface area contributed by atoms with E-state index in [0.717, 1.165) is 31.2 Å². The van der Waals surface area contributed by atoms with E-state index in [0.29, 0.717) is 5.92 Å². The van der Waals surface area contributed by atoms with Crippen LogP contribution in [0.1, 0.15) is 12.5 Å². The Morgan fingerprint density at radius 1 is 1.44 bits per heavy atom. The van der Waals surface area contributed by atoms with Crippen LogP contribution in [-0.4, -0.2) is 26.2 Å². The summed E-state index contributed by atoms with van der Waals surface area (Å²) in [5.41, 5.74) is 2.58. The third kappa shape index (κ3) is 2.69. The topological polar surface area (TPSA) is 15.3 Å². The summed E-state index contributed by atoms with van der Waals surface area (Å²) in [4.78, 5) is 2.44. The molecule has 2 nitrogen and oxygen atoms in total. The molecule has 1 aliphatic heterocycles. The number of nitrogens with zero attached hydrogens (tertiary/aromatic N) is 1. The van der Waals surface area contributed by atoms with Crippen molar-refractivity contribution in [2.24, 2.45) is 5.92 Å². The van der Waals surface area contributed by atoms with E-state index in [-0.39, 0.29) is 0 Å². The first-order valence-corrected chi connectivity index (χ1v) is 6.26. The van der Waals surface area contributed by atoms with E-state index in [1.165, 1.54) is 11.3 Å². The summed E-state index contributed by atoms with van der Waals surface area (Å²) in [5.74, 6) is 0.681. The zero-order valence-corrected chi connectivity index (χ0v) is 10.7. The molecule has 0 bridgehead atoms. The molecular formula is C13H19ClN2. The zero-order valence-electron chi connectivity index (χ0n) is 9.96. The molecule has 1 aromatic rings. The lowest BCUT2D eigenvalue weighted by molar-refractivity contribution is 0.564. The number of rotatable bonds is 1. The van der Waals surface area contributed by atoms with Crippen LogP contribution in [0, 0.1) is 12.8 Å². The van der Waals surface area contributed by atoms with Crippen LogP contribution in [0.15, 0.2) is 18.2 Å². The summed E-state index contributed by atoms with van der Waals surface area (Å²) in [6, 6.07) is 6.13. The molecule has 1 fully saturated rings. The van der Waals surface area contributed by atoms with Crippen molar-refractivity contribution in [1.29, 1.82) is 0 Å². The molecule has 0 amide bonds. The molecular weight excluding hydrogens is 220 g/mol. The maximum absolute atomic E-state index is 6.07. The number of hydrogen-bond acceptors (Lipinski definition) is 2. The smallest absolute Gasteiger partial charge is 0.0426 e. The van der Waals surface area contributed by atoms with Gasteiger partial charge in [-0.05, 0) is 37.1 Å². The summed E-state index contributed by atoms with van der Waals surface area (Å²) in [5, 5.41) is 4.28. The SMILES string of the molecule is Cc1ccc(Cl)cc1N1CCNCC(C)C1. The van der Waals surface area contributed by atoms with Gasteiger partial charge in [-0.2, -0.15) is 0 Å². The Hall–Kier alpha value is -0.730. The maximum Gasteiger partial charge on any atom is 0.0426 e. The van der Waals surface area contributed by atoms with Crippen LogP contribution in [0.3, 0.4) is 0 Å². The van der Waals surface area contributed by atoms with Gasteiger partial charge in [0.1, 0.15) is 0 Å². The van der Waals surface area contributed by atoms with Gasteiger partial charge in [0.2, 0.25) is 0 Å². The highest BCUT2D eigenvalue weighted by atomic mass is 35.5. The second kappa shape index (κ2) is 5.07.